The highest BCUT2D eigenvalue weighted by Gasteiger charge is 2.35. The van der Waals surface area contributed by atoms with E-state index < -0.39 is 5.60 Å². The molecule has 2 atom stereocenters. The molecule has 2 rings (SSSR count). The van der Waals surface area contributed by atoms with Gasteiger partial charge in [0.15, 0.2) is 0 Å². The first-order valence-electron chi connectivity index (χ1n) is 7.13. The van der Waals surface area contributed by atoms with Crippen LogP contribution in [0.25, 0.3) is 0 Å². The third kappa shape index (κ3) is 3.71. The van der Waals surface area contributed by atoms with Crippen LogP contribution in [-0.4, -0.2) is 30.5 Å². The zero-order chi connectivity index (χ0) is 13.7. The van der Waals surface area contributed by atoms with Crippen molar-refractivity contribution in [2.75, 3.05) is 13.7 Å². The van der Waals surface area contributed by atoms with Gasteiger partial charge in [-0.05, 0) is 24.5 Å². The minimum atomic E-state index is -0.660. The Morgan fingerprint density at radius 1 is 1.42 bits per heavy atom. The van der Waals surface area contributed by atoms with Gasteiger partial charge in [-0.2, -0.15) is 0 Å². The van der Waals surface area contributed by atoms with Crippen LogP contribution in [0, 0.1) is 0 Å². The van der Waals surface area contributed by atoms with Gasteiger partial charge in [0, 0.05) is 19.4 Å². The van der Waals surface area contributed by atoms with Gasteiger partial charge in [-0.25, -0.2) is 0 Å². The summed E-state index contributed by atoms with van der Waals surface area (Å²) in [6.45, 7) is 2.80. The van der Waals surface area contributed by atoms with Gasteiger partial charge in [0.1, 0.15) is 5.75 Å². The van der Waals surface area contributed by atoms with Crippen molar-refractivity contribution in [2.45, 2.75) is 50.7 Å². The second-order valence-corrected chi connectivity index (χ2v) is 5.45. The number of methoxy groups -OCH3 is 1. The van der Waals surface area contributed by atoms with Crippen LogP contribution in [-0.2, 0) is 11.2 Å². The van der Waals surface area contributed by atoms with E-state index in [-0.39, 0.29) is 6.10 Å². The minimum absolute atomic E-state index is 0.193. The van der Waals surface area contributed by atoms with Gasteiger partial charge < -0.3 is 14.6 Å². The summed E-state index contributed by atoms with van der Waals surface area (Å²) >= 11 is 0. The number of ether oxygens (including phenoxy) is 2. The normalized spacial score (nSPS) is 27.2. The number of rotatable bonds is 5. The van der Waals surface area contributed by atoms with Gasteiger partial charge in [-0.15, -0.1) is 0 Å². The molecule has 3 nitrogen and oxygen atoms in total. The zero-order valence-electron chi connectivity index (χ0n) is 11.9. The first kappa shape index (κ1) is 14.4. The van der Waals surface area contributed by atoms with E-state index in [4.69, 9.17) is 9.47 Å². The van der Waals surface area contributed by atoms with Gasteiger partial charge in [0.2, 0.25) is 0 Å². The lowest BCUT2D eigenvalue weighted by molar-refractivity contribution is -0.105. The highest BCUT2D eigenvalue weighted by atomic mass is 16.5. The number of aliphatic hydroxyl groups is 1. The summed E-state index contributed by atoms with van der Waals surface area (Å²) in [6, 6.07) is 7.92. The van der Waals surface area contributed by atoms with Crippen LogP contribution in [0.5, 0.6) is 5.75 Å². The number of benzene rings is 1. The Balaban J connectivity index is 2.07. The van der Waals surface area contributed by atoms with Crippen LogP contribution < -0.4 is 4.74 Å². The topological polar surface area (TPSA) is 38.7 Å². The van der Waals surface area contributed by atoms with Crippen LogP contribution in [0.4, 0.5) is 0 Å². The molecule has 106 valence electrons. The van der Waals surface area contributed by atoms with E-state index >= 15 is 0 Å². The molecule has 1 fully saturated rings. The standard InChI is InChI=1S/C16H24O3/c1-3-6-14-12-16(17,9-10-19-14)11-13-7-4-5-8-15(13)18-2/h4-5,7-8,14,17H,3,6,9-12H2,1-2H3. The maximum Gasteiger partial charge on any atom is 0.122 e. The highest BCUT2D eigenvalue weighted by molar-refractivity contribution is 5.34. The lowest BCUT2D eigenvalue weighted by Crippen LogP contribution is -2.42. The SMILES string of the molecule is CCCC1CC(O)(Cc2ccccc2OC)CCO1. The Morgan fingerprint density at radius 3 is 2.95 bits per heavy atom. The quantitative estimate of drug-likeness (QED) is 0.888. The van der Waals surface area contributed by atoms with E-state index in [0.717, 1.165) is 30.6 Å². The molecule has 0 aromatic heterocycles. The first-order valence-corrected chi connectivity index (χ1v) is 7.13. The molecule has 0 radical (unpaired) electrons. The molecule has 2 unspecified atom stereocenters. The van der Waals surface area contributed by atoms with Gasteiger partial charge in [-0.3, -0.25) is 0 Å². The summed E-state index contributed by atoms with van der Waals surface area (Å²) < 4.78 is 11.1. The molecule has 1 heterocycles. The van der Waals surface area contributed by atoms with Crippen molar-refractivity contribution in [3.8, 4) is 5.75 Å². The predicted octanol–water partition coefficient (Wildman–Crippen LogP) is 2.95. The molecule has 0 spiro atoms. The van der Waals surface area contributed by atoms with E-state index in [1.54, 1.807) is 7.11 Å². The Bertz CT molecular complexity index is 403. The molecule has 3 heteroatoms. The molecule has 1 aliphatic heterocycles. The van der Waals surface area contributed by atoms with Crippen molar-refractivity contribution < 1.29 is 14.6 Å². The second-order valence-electron chi connectivity index (χ2n) is 5.45. The van der Waals surface area contributed by atoms with Crippen molar-refractivity contribution in [1.82, 2.24) is 0 Å². The summed E-state index contributed by atoms with van der Waals surface area (Å²) in [7, 11) is 1.67. The fraction of sp³-hybridized carbons (Fsp3) is 0.625. The molecular formula is C16H24O3. The van der Waals surface area contributed by atoms with Crippen LogP contribution in [0.2, 0.25) is 0 Å². The Labute approximate surface area is 115 Å². The second kappa shape index (κ2) is 6.40. The summed E-state index contributed by atoms with van der Waals surface area (Å²) in [5.74, 6) is 0.856. The molecule has 1 aromatic rings. The number of para-hydroxylation sites is 1. The summed E-state index contributed by atoms with van der Waals surface area (Å²) in [4.78, 5) is 0. The average Bonchev–Trinajstić information content (AvgIpc) is 2.39. The maximum atomic E-state index is 10.8. The monoisotopic (exact) mass is 264 g/mol. The van der Waals surface area contributed by atoms with Crippen LogP contribution >= 0.6 is 0 Å². The average molecular weight is 264 g/mol. The molecular weight excluding hydrogens is 240 g/mol. The fourth-order valence-corrected chi connectivity index (χ4v) is 2.87. The molecule has 1 aliphatic rings. The Hall–Kier alpha value is -1.06. The predicted molar refractivity (Wildman–Crippen MR) is 75.5 cm³/mol. The van der Waals surface area contributed by atoms with Gasteiger partial charge in [0.25, 0.3) is 0 Å². The third-order valence-corrected chi connectivity index (χ3v) is 3.85. The molecule has 0 bridgehead atoms. The Morgan fingerprint density at radius 2 is 2.21 bits per heavy atom. The number of hydrogen-bond acceptors (Lipinski definition) is 3. The van der Waals surface area contributed by atoms with E-state index in [2.05, 4.69) is 6.92 Å². The molecule has 0 amide bonds. The van der Waals surface area contributed by atoms with Crippen molar-refractivity contribution in [2.24, 2.45) is 0 Å². The van der Waals surface area contributed by atoms with E-state index in [1.807, 2.05) is 24.3 Å². The van der Waals surface area contributed by atoms with Crippen LogP contribution in [0.3, 0.4) is 0 Å². The smallest absolute Gasteiger partial charge is 0.122 e. The summed E-state index contributed by atoms with van der Waals surface area (Å²) in [5.41, 5.74) is 0.414. The van der Waals surface area contributed by atoms with Crippen molar-refractivity contribution in [3.63, 3.8) is 0 Å². The van der Waals surface area contributed by atoms with Crippen LogP contribution in [0.15, 0.2) is 24.3 Å². The lowest BCUT2D eigenvalue weighted by Gasteiger charge is -2.37. The molecule has 0 saturated carbocycles. The largest absolute Gasteiger partial charge is 0.496 e. The molecule has 0 aliphatic carbocycles. The maximum absolute atomic E-state index is 10.8. The lowest BCUT2D eigenvalue weighted by atomic mass is 9.83. The third-order valence-electron chi connectivity index (χ3n) is 3.85. The summed E-state index contributed by atoms with van der Waals surface area (Å²) in [6.07, 6.45) is 4.37. The molecule has 1 N–H and O–H groups in total. The van der Waals surface area contributed by atoms with E-state index in [0.29, 0.717) is 19.4 Å². The molecule has 19 heavy (non-hydrogen) atoms. The molecule has 1 aromatic carbocycles. The van der Waals surface area contributed by atoms with Crippen molar-refractivity contribution in [1.29, 1.82) is 0 Å². The van der Waals surface area contributed by atoms with Crippen LogP contribution in [0.1, 0.15) is 38.2 Å². The number of hydrogen-bond donors (Lipinski definition) is 1. The van der Waals surface area contributed by atoms with Gasteiger partial charge >= 0.3 is 0 Å². The molecule has 1 saturated heterocycles. The van der Waals surface area contributed by atoms with E-state index in [1.165, 1.54) is 0 Å². The zero-order valence-corrected chi connectivity index (χ0v) is 11.9. The van der Waals surface area contributed by atoms with E-state index in [9.17, 15) is 5.11 Å². The van der Waals surface area contributed by atoms with Crippen molar-refractivity contribution in [3.05, 3.63) is 29.8 Å². The highest BCUT2D eigenvalue weighted by Crippen LogP contribution is 2.32. The minimum Gasteiger partial charge on any atom is -0.496 e. The fourth-order valence-electron chi connectivity index (χ4n) is 2.87. The first-order chi connectivity index (χ1) is 9.17. The van der Waals surface area contributed by atoms with Crippen molar-refractivity contribution >= 4 is 0 Å². The van der Waals surface area contributed by atoms with Gasteiger partial charge in [0.05, 0.1) is 18.8 Å². The van der Waals surface area contributed by atoms with Gasteiger partial charge in [-0.1, -0.05) is 31.5 Å². The Kier molecular flexibility index (Phi) is 4.83. The summed E-state index contributed by atoms with van der Waals surface area (Å²) in [5, 5.41) is 10.8.